The maximum absolute atomic E-state index is 10.9. The van der Waals surface area contributed by atoms with Crippen molar-refractivity contribution < 1.29 is 14.8 Å². The van der Waals surface area contributed by atoms with E-state index in [2.05, 4.69) is 21.2 Å². The minimum atomic E-state index is -0.914. The number of carbonyl (C=O) groups is 1. The molecule has 0 radical (unpaired) electrons. The van der Waals surface area contributed by atoms with E-state index in [1.807, 2.05) is 0 Å². The van der Waals surface area contributed by atoms with E-state index in [0.29, 0.717) is 16.6 Å². The van der Waals surface area contributed by atoms with Crippen molar-refractivity contribution in [2.24, 2.45) is 5.92 Å². The Morgan fingerprint density at radius 1 is 1.61 bits per heavy atom. The van der Waals surface area contributed by atoms with Crippen molar-refractivity contribution in [1.29, 1.82) is 0 Å². The number of nitro groups is 1. The summed E-state index contributed by atoms with van der Waals surface area (Å²) in [6, 6.07) is 4.50. The van der Waals surface area contributed by atoms with Gasteiger partial charge in [0.15, 0.2) is 0 Å². The number of nitrogens with one attached hydrogen (secondary N) is 1. The van der Waals surface area contributed by atoms with Crippen molar-refractivity contribution in [2.45, 2.75) is 13.3 Å². The zero-order valence-corrected chi connectivity index (χ0v) is 11.3. The van der Waals surface area contributed by atoms with Crippen LogP contribution in [-0.2, 0) is 4.79 Å². The Bertz CT molecular complexity index is 464. The summed E-state index contributed by atoms with van der Waals surface area (Å²) in [5.74, 6) is -1.48. The van der Waals surface area contributed by atoms with Crippen LogP contribution in [0.2, 0.25) is 0 Å². The maximum Gasteiger partial charge on any atom is 0.308 e. The molecule has 0 aliphatic carbocycles. The maximum atomic E-state index is 10.9. The van der Waals surface area contributed by atoms with Crippen LogP contribution in [0.5, 0.6) is 0 Å². The van der Waals surface area contributed by atoms with Crippen LogP contribution in [0.3, 0.4) is 0 Å². The highest BCUT2D eigenvalue weighted by Gasteiger charge is 2.18. The highest BCUT2D eigenvalue weighted by Crippen LogP contribution is 2.28. The normalized spacial score (nSPS) is 11.9. The standard InChI is InChI=1S/C11H13BrN2O4/c1-2-7(11(15)16)6-13-9-5-8(12)3-4-10(9)14(17)18/h3-5,7,13H,2,6H2,1H3,(H,15,16). The van der Waals surface area contributed by atoms with Crippen LogP contribution in [0, 0.1) is 16.0 Å². The summed E-state index contributed by atoms with van der Waals surface area (Å²) >= 11 is 3.22. The molecular weight excluding hydrogens is 304 g/mol. The second-order valence-electron chi connectivity index (χ2n) is 3.74. The fourth-order valence-electron chi connectivity index (χ4n) is 1.45. The molecule has 6 nitrogen and oxygen atoms in total. The highest BCUT2D eigenvalue weighted by atomic mass is 79.9. The van der Waals surface area contributed by atoms with E-state index in [9.17, 15) is 14.9 Å². The van der Waals surface area contributed by atoms with Crippen LogP contribution >= 0.6 is 15.9 Å². The first-order valence-electron chi connectivity index (χ1n) is 5.36. The quantitative estimate of drug-likeness (QED) is 0.621. The van der Waals surface area contributed by atoms with Gasteiger partial charge in [-0.25, -0.2) is 0 Å². The number of aliphatic carboxylic acids is 1. The van der Waals surface area contributed by atoms with Gasteiger partial charge in [0.2, 0.25) is 0 Å². The molecule has 0 fully saturated rings. The first-order chi connectivity index (χ1) is 8.45. The molecule has 7 heteroatoms. The molecule has 1 rings (SSSR count). The van der Waals surface area contributed by atoms with Crippen LogP contribution in [-0.4, -0.2) is 22.5 Å². The monoisotopic (exact) mass is 316 g/mol. The van der Waals surface area contributed by atoms with Gasteiger partial charge in [-0.15, -0.1) is 0 Å². The number of nitro benzene ring substituents is 1. The summed E-state index contributed by atoms with van der Waals surface area (Å²) in [6.45, 7) is 1.92. The van der Waals surface area contributed by atoms with Crippen LogP contribution in [0.25, 0.3) is 0 Å². The van der Waals surface area contributed by atoms with Gasteiger partial charge in [0.1, 0.15) is 5.69 Å². The average molecular weight is 317 g/mol. The molecule has 1 atom stereocenters. The highest BCUT2D eigenvalue weighted by molar-refractivity contribution is 9.10. The van der Waals surface area contributed by atoms with Crippen LogP contribution < -0.4 is 5.32 Å². The molecule has 1 aromatic carbocycles. The summed E-state index contributed by atoms with van der Waals surface area (Å²) in [5, 5.41) is 22.5. The van der Waals surface area contributed by atoms with E-state index in [0.717, 1.165) is 0 Å². The molecule has 0 aliphatic heterocycles. The molecule has 1 unspecified atom stereocenters. The lowest BCUT2D eigenvalue weighted by atomic mass is 10.1. The number of hydrogen-bond donors (Lipinski definition) is 2. The van der Waals surface area contributed by atoms with Gasteiger partial charge >= 0.3 is 5.97 Å². The Morgan fingerprint density at radius 3 is 2.78 bits per heavy atom. The first-order valence-corrected chi connectivity index (χ1v) is 6.15. The van der Waals surface area contributed by atoms with Gasteiger partial charge in [0.05, 0.1) is 10.8 Å². The lowest BCUT2D eigenvalue weighted by molar-refractivity contribution is -0.384. The largest absolute Gasteiger partial charge is 0.481 e. The van der Waals surface area contributed by atoms with E-state index in [-0.39, 0.29) is 12.2 Å². The molecule has 1 aromatic rings. The Morgan fingerprint density at radius 2 is 2.28 bits per heavy atom. The van der Waals surface area contributed by atoms with E-state index in [1.54, 1.807) is 19.1 Å². The van der Waals surface area contributed by atoms with Crippen LogP contribution in [0.15, 0.2) is 22.7 Å². The summed E-state index contributed by atoms with van der Waals surface area (Å²) in [7, 11) is 0. The van der Waals surface area contributed by atoms with E-state index in [4.69, 9.17) is 5.11 Å². The predicted molar refractivity (Wildman–Crippen MR) is 70.7 cm³/mol. The Hall–Kier alpha value is -1.63. The van der Waals surface area contributed by atoms with Crippen molar-refractivity contribution in [3.63, 3.8) is 0 Å². The molecule has 0 heterocycles. The van der Waals surface area contributed by atoms with E-state index < -0.39 is 16.8 Å². The van der Waals surface area contributed by atoms with Crippen molar-refractivity contribution in [2.75, 3.05) is 11.9 Å². The van der Waals surface area contributed by atoms with Crippen LogP contribution in [0.4, 0.5) is 11.4 Å². The Kier molecular flexibility index (Phi) is 5.08. The lowest BCUT2D eigenvalue weighted by Crippen LogP contribution is -2.22. The summed E-state index contributed by atoms with van der Waals surface area (Å²) in [6.07, 6.45) is 0.462. The van der Waals surface area contributed by atoms with Crippen molar-refractivity contribution >= 4 is 33.3 Å². The topological polar surface area (TPSA) is 92.5 Å². The molecule has 0 saturated carbocycles. The van der Waals surface area contributed by atoms with Gasteiger partial charge in [-0.05, 0) is 18.6 Å². The van der Waals surface area contributed by atoms with Gasteiger partial charge < -0.3 is 10.4 Å². The number of anilines is 1. The van der Waals surface area contributed by atoms with Gasteiger partial charge in [-0.3, -0.25) is 14.9 Å². The number of carboxylic acid groups (broad SMARTS) is 1. The van der Waals surface area contributed by atoms with Crippen molar-refractivity contribution in [3.05, 3.63) is 32.8 Å². The Balaban J connectivity index is 2.86. The smallest absolute Gasteiger partial charge is 0.308 e. The SMILES string of the molecule is CCC(CNc1cc(Br)ccc1[N+](=O)[O-])C(=O)O. The summed E-state index contributed by atoms with van der Waals surface area (Å²) in [5.41, 5.74) is 0.243. The Labute approximate surface area is 112 Å². The van der Waals surface area contributed by atoms with Crippen molar-refractivity contribution in [3.8, 4) is 0 Å². The third-order valence-corrected chi connectivity index (χ3v) is 3.03. The molecular formula is C11H13BrN2O4. The zero-order valence-electron chi connectivity index (χ0n) is 9.72. The van der Waals surface area contributed by atoms with Crippen molar-refractivity contribution in [1.82, 2.24) is 0 Å². The molecule has 0 saturated heterocycles. The van der Waals surface area contributed by atoms with Crippen LogP contribution in [0.1, 0.15) is 13.3 Å². The molecule has 18 heavy (non-hydrogen) atoms. The third-order valence-electron chi connectivity index (χ3n) is 2.54. The summed E-state index contributed by atoms with van der Waals surface area (Å²) < 4.78 is 0.693. The van der Waals surface area contributed by atoms with E-state index in [1.165, 1.54) is 6.07 Å². The first kappa shape index (κ1) is 14.4. The molecule has 98 valence electrons. The number of halogens is 1. The number of carboxylic acids is 1. The number of benzene rings is 1. The third kappa shape index (κ3) is 3.69. The fraction of sp³-hybridized carbons (Fsp3) is 0.364. The molecule has 0 spiro atoms. The number of hydrogen-bond acceptors (Lipinski definition) is 4. The number of nitrogens with zero attached hydrogens (tertiary/aromatic N) is 1. The second kappa shape index (κ2) is 6.34. The van der Waals surface area contributed by atoms with Gasteiger partial charge in [-0.1, -0.05) is 22.9 Å². The summed E-state index contributed by atoms with van der Waals surface area (Å²) in [4.78, 5) is 21.2. The second-order valence-corrected chi connectivity index (χ2v) is 4.66. The molecule has 2 N–H and O–H groups in total. The number of rotatable bonds is 6. The van der Waals surface area contributed by atoms with Gasteiger partial charge in [0.25, 0.3) is 5.69 Å². The predicted octanol–water partition coefficient (Wildman–Crippen LogP) is 2.88. The molecule has 0 bridgehead atoms. The molecule has 0 aliphatic rings. The van der Waals surface area contributed by atoms with Gasteiger partial charge in [0, 0.05) is 17.1 Å². The lowest BCUT2D eigenvalue weighted by Gasteiger charge is -2.12. The minimum absolute atomic E-state index is 0.0709. The molecule has 0 aromatic heterocycles. The fourth-order valence-corrected chi connectivity index (χ4v) is 1.81. The zero-order chi connectivity index (χ0) is 13.7. The van der Waals surface area contributed by atoms with Gasteiger partial charge in [-0.2, -0.15) is 0 Å². The molecule has 0 amide bonds. The average Bonchev–Trinajstić information content (AvgIpc) is 2.29. The minimum Gasteiger partial charge on any atom is -0.481 e. The van der Waals surface area contributed by atoms with E-state index >= 15 is 0 Å².